The van der Waals surface area contributed by atoms with Crippen LogP contribution in [0.5, 0.6) is 0 Å². The van der Waals surface area contributed by atoms with E-state index in [0.29, 0.717) is 0 Å². The van der Waals surface area contributed by atoms with Gasteiger partial charge >= 0.3 is 0 Å². The summed E-state index contributed by atoms with van der Waals surface area (Å²) in [6.45, 7) is 8.25. The van der Waals surface area contributed by atoms with Gasteiger partial charge in [-0.3, -0.25) is 0 Å². The first-order valence-corrected chi connectivity index (χ1v) is 6.07. The third-order valence-corrected chi connectivity index (χ3v) is 2.53. The van der Waals surface area contributed by atoms with Crippen LogP contribution in [-0.2, 0) is 0 Å². The summed E-state index contributed by atoms with van der Waals surface area (Å²) in [7, 11) is 0. The van der Waals surface area contributed by atoms with E-state index in [9.17, 15) is 0 Å². The zero-order valence-electron chi connectivity index (χ0n) is 10.0. The largest absolute Gasteiger partial charge is 0.103 e. The van der Waals surface area contributed by atoms with Gasteiger partial charge in [0.2, 0.25) is 0 Å². The van der Waals surface area contributed by atoms with Gasteiger partial charge in [-0.2, -0.15) is 0 Å². The molecule has 0 aromatic rings. The first-order valence-electron chi connectivity index (χ1n) is 6.07. The van der Waals surface area contributed by atoms with Gasteiger partial charge < -0.3 is 0 Å². The lowest BCUT2D eigenvalue weighted by Crippen LogP contribution is -1.80. The topological polar surface area (TPSA) is 0 Å². The van der Waals surface area contributed by atoms with Crippen LogP contribution in [0, 0.1) is 0 Å². The fraction of sp³-hybridized carbons (Fsp3) is 0.714. The summed E-state index contributed by atoms with van der Waals surface area (Å²) in [5.41, 5.74) is 1.58. The SMILES string of the molecule is C=CCCCCCC(C)=CCCCC. The molecule has 0 N–H and O–H groups in total. The molecule has 0 atom stereocenters. The Kier molecular flexibility index (Phi) is 10.2. The molecule has 0 saturated carbocycles. The van der Waals surface area contributed by atoms with Crippen LogP contribution in [0.3, 0.4) is 0 Å². The summed E-state index contributed by atoms with van der Waals surface area (Å²) in [4.78, 5) is 0. The van der Waals surface area contributed by atoms with Crippen LogP contribution in [0.25, 0.3) is 0 Å². The van der Waals surface area contributed by atoms with E-state index in [1.165, 1.54) is 51.4 Å². The average molecular weight is 194 g/mol. The van der Waals surface area contributed by atoms with Crippen LogP contribution in [-0.4, -0.2) is 0 Å². The highest BCUT2D eigenvalue weighted by atomic mass is 14.0. The second kappa shape index (κ2) is 10.6. The van der Waals surface area contributed by atoms with Crippen molar-refractivity contribution in [1.29, 1.82) is 0 Å². The van der Waals surface area contributed by atoms with E-state index in [2.05, 4.69) is 26.5 Å². The molecule has 0 bridgehead atoms. The van der Waals surface area contributed by atoms with Crippen LogP contribution in [0.2, 0.25) is 0 Å². The number of rotatable bonds is 9. The molecular formula is C14H26. The molecule has 0 aromatic carbocycles. The quantitative estimate of drug-likeness (QED) is 0.347. The Morgan fingerprint density at radius 3 is 2.50 bits per heavy atom. The molecule has 0 nitrogen and oxygen atoms in total. The Morgan fingerprint density at radius 1 is 1.07 bits per heavy atom. The minimum absolute atomic E-state index is 1.18. The van der Waals surface area contributed by atoms with Crippen molar-refractivity contribution in [3.05, 3.63) is 24.3 Å². The minimum atomic E-state index is 1.18. The predicted molar refractivity (Wildman–Crippen MR) is 66.6 cm³/mol. The van der Waals surface area contributed by atoms with Gasteiger partial charge in [0.1, 0.15) is 0 Å². The van der Waals surface area contributed by atoms with Crippen molar-refractivity contribution in [1.82, 2.24) is 0 Å². The molecular weight excluding hydrogens is 168 g/mol. The fourth-order valence-corrected chi connectivity index (χ4v) is 1.52. The summed E-state index contributed by atoms with van der Waals surface area (Å²) in [5, 5.41) is 0. The van der Waals surface area contributed by atoms with Gasteiger partial charge in [-0.05, 0) is 39.0 Å². The highest BCUT2D eigenvalue weighted by molar-refractivity contribution is 4.97. The smallest absolute Gasteiger partial charge is 0.0323 e. The first-order chi connectivity index (χ1) is 6.81. The van der Waals surface area contributed by atoms with E-state index in [1.54, 1.807) is 5.57 Å². The number of hydrogen-bond donors (Lipinski definition) is 0. The summed E-state index contributed by atoms with van der Waals surface area (Å²) < 4.78 is 0. The van der Waals surface area contributed by atoms with Crippen LogP contribution in [0.1, 0.15) is 65.2 Å². The van der Waals surface area contributed by atoms with Gasteiger partial charge in [0.25, 0.3) is 0 Å². The van der Waals surface area contributed by atoms with Crippen molar-refractivity contribution in [2.45, 2.75) is 65.2 Å². The number of allylic oxidation sites excluding steroid dienone is 3. The number of unbranched alkanes of at least 4 members (excludes halogenated alkanes) is 5. The summed E-state index contributed by atoms with van der Waals surface area (Å²) in [6.07, 6.45) is 14.8. The Hall–Kier alpha value is -0.520. The van der Waals surface area contributed by atoms with Crippen molar-refractivity contribution in [2.75, 3.05) is 0 Å². The van der Waals surface area contributed by atoms with Crippen molar-refractivity contribution in [3.63, 3.8) is 0 Å². The second-order valence-corrected chi connectivity index (χ2v) is 4.08. The molecule has 0 spiro atoms. The van der Waals surface area contributed by atoms with E-state index in [0.717, 1.165) is 0 Å². The minimum Gasteiger partial charge on any atom is -0.103 e. The van der Waals surface area contributed by atoms with E-state index in [-0.39, 0.29) is 0 Å². The highest BCUT2D eigenvalue weighted by Crippen LogP contribution is 2.11. The third-order valence-electron chi connectivity index (χ3n) is 2.53. The van der Waals surface area contributed by atoms with Gasteiger partial charge in [-0.25, -0.2) is 0 Å². The molecule has 0 saturated heterocycles. The van der Waals surface area contributed by atoms with E-state index < -0.39 is 0 Å². The second-order valence-electron chi connectivity index (χ2n) is 4.08. The van der Waals surface area contributed by atoms with Gasteiger partial charge in [-0.1, -0.05) is 43.9 Å². The normalized spacial score (nSPS) is 11.7. The molecule has 14 heavy (non-hydrogen) atoms. The van der Waals surface area contributed by atoms with Gasteiger partial charge in [-0.15, -0.1) is 6.58 Å². The molecule has 0 aliphatic carbocycles. The molecule has 0 heteroatoms. The van der Waals surface area contributed by atoms with Crippen LogP contribution >= 0.6 is 0 Å². The Labute approximate surface area is 90.1 Å². The van der Waals surface area contributed by atoms with Crippen molar-refractivity contribution in [2.24, 2.45) is 0 Å². The molecule has 0 unspecified atom stereocenters. The van der Waals surface area contributed by atoms with Crippen molar-refractivity contribution >= 4 is 0 Å². The molecule has 0 aliphatic rings. The maximum atomic E-state index is 3.73. The fourth-order valence-electron chi connectivity index (χ4n) is 1.52. The molecule has 0 rings (SSSR count). The third kappa shape index (κ3) is 9.57. The molecule has 0 heterocycles. The van der Waals surface area contributed by atoms with Crippen molar-refractivity contribution < 1.29 is 0 Å². The molecule has 0 amide bonds. The van der Waals surface area contributed by atoms with Crippen molar-refractivity contribution in [3.8, 4) is 0 Å². The Morgan fingerprint density at radius 2 is 1.86 bits per heavy atom. The maximum absolute atomic E-state index is 3.73. The monoisotopic (exact) mass is 194 g/mol. The Bertz CT molecular complexity index is 153. The molecule has 0 aliphatic heterocycles. The first kappa shape index (κ1) is 13.5. The van der Waals surface area contributed by atoms with Gasteiger partial charge in [0, 0.05) is 0 Å². The Balaban J connectivity index is 3.29. The highest BCUT2D eigenvalue weighted by Gasteiger charge is 1.91. The standard InChI is InChI=1S/C14H26/c1-4-6-8-9-11-13-14(3)12-10-7-5-2/h4,12H,1,5-11,13H2,2-3H3. The molecule has 0 aromatic heterocycles. The molecule has 0 radical (unpaired) electrons. The zero-order chi connectivity index (χ0) is 10.6. The summed E-state index contributed by atoms with van der Waals surface area (Å²) in [5.74, 6) is 0. The number of hydrogen-bond acceptors (Lipinski definition) is 0. The summed E-state index contributed by atoms with van der Waals surface area (Å²) >= 11 is 0. The predicted octanol–water partition coefficient (Wildman–Crippen LogP) is 5.26. The van der Waals surface area contributed by atoms with Crippen LogP contribution in [0.15, 0.2) is 24.3 Å². The summed E-state index contributed by atoms with van der Waals surface area (Å²) in [6, 6.07) is 0. The molecule has 0 fully saturated rings. The lowest BCUT2D eigenvalue weighted by Gasteiger charge is -2.01. The van der Waals surface area contributed by atoms with E-state index >= 15 is 0 Å². The van der Waals surface area contributed by atoms with Gasteiger partial charge in [0.05, 0.1) is 0 Å². The molecule has 82 valence electrons. The maximum Gasteiger partial charge on any atom is -0.0323 e. The lowest BCUT2D eigenvalue weighted by molar-refractivity contribution is 0.681. The van der Waals surface area contributed by atoms with Gasteiger partial charge in [0.15, 0.2) is 0 Å². The van der Waals surface area contributed by atoms with Crippen LogP contribution in [0.4, 0.5) is 0 Å². The lowest BCUT2D eigenvalue weighted by atomic mass is 10.1. The van der Waals surface area contributed by atoms with E-state index in [4.69, 9.17) is 0 Å². The average Bonchev–Trinajstić information content (AvgIpc) is 2.18. The zero-order valence-corrected chi connectivity index (χ0v) is 10.0. The van der Waals surface area contributed by atoms with E-state index in [1.807, 2.05) is 6.08 Å². The van der Waals surface area contributed by atoms with Crippen LogP contribution < -0.4 is 0 Å².